The van der Waals surface area contributed by atoms with Crippen LogP contribution in [0.15, 0.2) is 28.8 Å². The van der Waals surface area contributed by atoms with Gasteiger partial charge in [-0.25, -0.2) is 4.79 Å². The Hall–Kier alpha value is -2.21. The normalized spacial score (nSPS) is 12.2. The Bertz CT molecular complexity index is 594. The Morgan fingerprint density at radius 1 is 1.45 bits per heavy atom. The summed E-state index contributed by atoms with van der Waals surface area (Å²) >= 11 is 0. The fourth-order valence-corrected chi connectivity index (χ4v) is 1.72. The Kier molecular flexibility index (Phi) is 4.47. The second-order valence-electron chi connectivity index (χ2n) is 4.39. The van der Waals surface area contributed by atoms with E-state index in [1.807, 2.05) is 0 Å². The zero-order chi connectivity index (χ0) is 14.5. The average molecular weight is 276 g/mol. The van der Waals surface area contributed by atoms with Gasteiger partial charge in [0.2, 0.25) is 11.7 Å². The number of carbonyl (C=O) groups excluding carboxylic acids is 1. The molecule has 0 N–H and O–H groups in total. The van der Waals surface area contributed by atoms with Crippen molar-refractivity contribution in [3.05, 3.63) is 35.7 Å². The number of ether oxygens (including phenoxy) is 2. The van der Waals surface area contributed by atoms with Gasteiger partial charge in [-0.15, -0.1) is 0 Å². The molecule has 2 rings (SSSR count). The van der Waals surface area contributed by atoms with E-state index in [-0.39, 0.29) is 6.10 Å². The molecule has 0 amide bonds. The van der Waals surface area contributed by atoms with Gasteiger partial charge in [0.1, 0.15) is 6.10 Å². The molecule has 106 valence electrons. The molecule has 0 unspecified atom stereocenters. The third-order valence-corrected chi connectivity index (χ3v) is 2.59. The summed E-state index contributed by atoms with van der Waals surface area (Å²) in [5.41, 5.74) is 1.14. The smallest absolute Gasteiger partial charge is 0.338 e. The minimum atomic E-state index is -0.406. The van der Waals surface area contributed by atoms with Crippen LogP contribution in [-0.4, -0.2) is 35.9 Å². The van der Waals surface area contributed by atoms with Crippen molar-refractivity contribution in [3.8, 4) is 11.4 Å². The Morgan fingerprint density at radius 3 is 2.90 bits per heavy atom. The van der Waals surface area contributed by atoms with Crippen molar-refractivity contribution in [3.63, 3.8) is 0 Å². The summed E-state index contributed by atoms with van der Waals surface area (Å²) < 4.78 is 15.1. The van der Waals surface area contributed by atoms with E-state index in [1.54, 1.807) is 45.2 Å². The highest BCUT2D eigenvalue weighted by Gasteiger charge is 2.14. The van der Waals surface area contributed by atoms with E-state index < -0.39 is 5.97 Å². The van der Waals surface area contributed by atoms with Crippen molar-refractivity contribution in [2.75, 3.05) is 13.7 Å². The number of aromatic nitrogens is 2. The lowest BCUT2D eigenvalue weighted by molar-refractivity contribution is 0.0120. The molecule has 0 fully saturated rings. The van der Waals surface area contributed by atoms with Crippen molar-refractivity contribution in [2.45, 2.75) is 20.0 Å². The van der Waals surface area contributed by atoms with E-state index in [4.69, 9.17) is 14.0 Å². The van der Waals surface area contributed by atoms with Crippen LogP contribution in [0.3, 0.4) is 0 Å². The van der Waals surface area contributed by atoms with Gasteiger partial charge in [-0.2, -0.15) is 4.98 Å². The lowest BCUT2D eigenvalue weighted by Gasteiger charge is -2.12. The summed E-state index contributed by atoms with van der Waals surface area (Å²) in [4.78, 5) is 16.1. The molecule has 0 saturated heterocycles. The van der Waals surface area contributed by atoms with Crippen molar-refractivity contribution >= 4 is 5.97 Å². The molecule has 0 bridgehead atoms. The number of esters is 1. The van der Waals surface area contributed by atoms with Crippen LogP contribution < -0.4 is 0 Å². The summed E-state index contributed by atoms with van der Waals surface area (Å²) in [7, 11) is 1.56. The van der Waals surface area contributed by atoms with Gasteiger partial charge >= 0.3 is 5.97 Å². The van der Waals surface area contributed by atoms with E-state index in [1.165, 1.54) is 0 Å². The van der Waals surface area contributed by atoms with Crippen LogP contribution in [0.2, 0.25) is 0 Å². The lowest BCUT2D eigenvalue weighted by atomic mass is 10.1. The molecule has 2 aromatic rings. The molecule has 6 nitrogen and oxygen atoms in total. The number of rotatable bonds is 5. The van der Waals surface area contributed by atoms with E-state index >= 15 is 0 Å². The van der Waals surface area contributed by atoms with E-state index in [9.17, 15) is 4.79 Å². The number of nitrogens with zero attached hydrogens (tertiary/aromatic N) is 2. The zero-order valence-electron chi connectivity index (χ0n) is 11.6. The van der Waals surface area contributed by atoms with Crippen LogP contribution in [0.5, 0.6) is 0 Å². The van der Waals surface area contributed by atoms with Gasteiger partial charge in [0.25, 0.3) is 0 Å². The second kappa shape index (κ2) is 6.29. The van der Waals surface area contributed by atoms with E-state index in [0.717, 1.165) is 0 Å². The minimum absolute atomic E-state index is 0.302. The third-order valence-electron chi connectivity index (χ3n) is 2.59. The Labute approximate surface area is 116 Å². The zero-order valence-corrected chi connectivity index (χ0v) is 11.6. The fourth-order valence-electron chi connectivity index (χ4n) is 1.72. The first-order valence-electron chi connectivity index (χ1n) is 6.21. The van der Waals surface area contributed by atoms with Gasteiger partial charge in [-0.1, -0.05) is 17.3 Å². The van der Waals surface area contributed by atoms with Crippen LogP contribution in [0, 0.1) is 6.92 Å². The molecule has 1 aromatic carbocycles. The van der Waals surface area contributed by atoms with Crippen LogP contribution >= 0.6 is 0 Å². The Balaban J connectivity index is 2.15. The van der Waals surface area contributed by atoms with E-state index in [2.05, 4.69) is 10.1 Å². The maximum atomic E-state index is 12.0. The van der Waals surface area contributed by atoms with Gasteiger partial charge in [-0.05, 0) is 19.1 Å². The summed E-state index contributed by atoms with van der Waals surface area (Å²) in [5.74, 6) is 0.514. The van der Waals surface area contributed by atoms with Gasteiger partial charge < -0.3 is 14.0 Å². The molecule has 0 saturated carbocycles. The van der Waals surface area contributed by atoms with Crippen LogP contribution in [0.1, 0.15) is 23.2 Å². The molecule has 0 aliphatic heterocycles. The SMILES string of the molecule is COC[C@@H](C)OC(=O)c1cccc(-c2noc(C)n2)c1. The molecule has 0 spiro atoms. The van der Waals surface area contributed by atoms with Crippen LogP contribution in [-0.2, 0) is 9.47 Å². The summed E-state index contributed by atoms with van der Waals surface area (Å²) in [6.45, 7) is 3.84. The highest BCUT2D eigenvalue weighted by molar-refractivity contribution is 5.90. The van der Waals surface area contributed by atoms with Crippen molar-refractivity contribution < 1.29 is 18.8 Å². The van der Waals surface area contributed by atoms with Gasteiger partial charge in [0.15, 0.2) is 0 Å². The number of benzene rings is 1. The van der Waals surface area contributed by atoms with E-state index in [0.29, 0.717) is 29.4 Å². The molecule has 1 aromatic heterocycles. The number of aryl methyl sites for hydroxylation is 1. The van der Waals surface area contributed by atoms with Gasteiger partial charge in [0, 0.05) is 19.6 Å². The molecular formula is C14H16N2O4. The maximum absolute atomic E-state index is 12.0. The maximum Gasteiger partial charge on any atom is 0.338 e. The standard InChI is InChI=1S/C14H16N2O4/c1-9(8-18-3)19-14(17)12-6-4-5-11(7-12)13-15-10(2)20-16-13/h4-7,9H,8H2,1-3H3/t9-/m1/s1. The van der Waals surface area contributed by atoms with Gasteiger partial charge in [0.05, 0.1) is 12.2 Å². The third kappa shape index (κ3) is 3.42. The summed E-state index contributed by atoms with van der Waals surface area (Å²) in [5, 5.41) is 3.82. The molecular weight excluding hydrogens is 260 g/mol. The summed E-state index contributed by atoms with van der Waals surface area (Å²) in [6, 6.07) is 6.91. The topological polar surface area (TPSA) is 74.5 Å². The molecule has 20 heavy (non-hydrogen) atoms. The Morgan fingerprint density at radius 2 is 2.25 bits per heavy atom. The number of carbonyl (C=O) groups is 1. The van der Waals surface area contributed by atoms with Crippen molar-refractivity contribution in [1.29, 1.82) is 0 Å². The highest BCUT2D eigenvalue weighted by atomic mass is 16.6. The summed E-state index contributed by atoms with van der Waals surface area (Å²) in [6.07, 6.45) is -0.302. The first kappa shape index (κ1) is 14.2. The first-order chi connectivity index (χ1) is 9.60. The molecule has 0 aliphatic carbocycles. The van der Waals surface area contributed by atoms with Crippen LogP contribution in [0.4, 0.5) is 0 Å². The monoisotopic (exact) mass is 276 g/mol. The molecule has 6 heteroatoms. The quantitative estimate of drug-likeness (QED) is 0.780. The predicted octanol–water partition coefficient (Wildman–Crippen LogP) is 2.24. The highest BCUT2D eigenvalue weighted by Crippen LogP contribution is 2.18. The number of hydrogen-bond acceptors (Lipinski definition) is 6. The predicted molar refractivity (Wildman–Crippen MR) is 71.2 cm³/mol. The molecule has 1 heterocycles. The van der Waals surface area contributed by atoms with Gasteiger partial charge in [-0.3, -0.25) is 0 Å². The number of methoxy groups -OCH3 is 1. The molecule has 0 aliphatic rings. The molecule has 1 atom stereocenters. The first-order valence-corrected chi connectivity index (χ1v) is 6.21. The lowest BCUT2D eigenvalue weighted by Crippen LogP contribution is -2.19. The largest absolute Gasteiger partial charge is 0.457 e. The van der Waals surface area contributed by atoms with Crippen molar-refractivity contribution in [1.82, 2.24) is 10.1 Å². The second-order valence-corrected chi connectivity index (χ2v) is 4.39. The minimum Gasteiger partial charge on any atom is -0.457 e. The number of hydrogen-bond donors (Lipinski definition) is 0. The average Bonchev–Trinajstić information content (AvgIpc) is 2.86. The molecule has 0 radical (unpaired) electrons. The van der Waals surface area contributed by atoms with Crippen molar-refractivity contribution in [2.24, 2.45) is 0 Å². The fraction of sp³-hybridized carbons (Fsp3) is 0.357. The van der Waals surface area contributed by atoms with Crippen LogP contribution in [0.25, 0.3) is 11.4 Å².